The quantitative estimate of drug-likeness (QED) is 0.225. The van der Waals surface area contributed by atoms with Crippen molar-refractivity contribution < 1.29 is 47.2 Å². The predicted octanol–water partition coefficient (Wildman–Crippen LogP) is 3.21. The molecular formula is C27H28F2N2O8. The number of benzene rings is 2. The number of hydrogen-bond acceptors (Lipinski definition) is 8. The highest BCUT2D eigenvalue weighted by Gasteiger charge is 2.33. The summed E-state index contributed by atoms with van der Waals surface area (Å²) >= 11 is 0. The number of amides is 1. The van der Waals surface area contributed by atoms with Crippen LogP contribution in [0.4, 0.5) is 8.78 Å². The van der Waals surface area contributed by atoms with Gasteiger partial charge in [0.05, 0.1) is 27.2 Å². The van der Waals surface area contributed by atoms with Gasteiger partial charge in [-0.3, -0.25) is 4.79 Å². The molecule has 208 valence electrons. The van der Waals surface area contributed by atoms with E-state index in [1.165, 1.54) is 59.4 Å². The summed E-state index contributed by atoms with van der Waals surface area (Å²) in [6.45, 7) is 2.74. The summed E-state index contributed by atoms with van der Waals surface area (Å²) in [7, 11) is 3.98. The Morgan fingerprint density at radius 2 is 1.46 bits per heavy atom. The molecule has 2 atom stereocenters. The molecule has 0 aliphatic rings. The standard InChI is InChI=1S/C27H28F2N2O8/c1-14(30-26(33)24-25(32)22(38-5)10-11-31(24)35)27(34)39-15(2)23(18-8-6-16(36-3)12-20(18)28)19-9-7-17(37-4)13-21(19)29/h6-15,23,32H,1-5H3,(H,30,33)/t14-,15-/m0/s1. The van der Waals surface area contributed by atoms with E-state index in [0.29, 0.717) is 0 Å². The lowest BCUT2D eigenvalue weighted by molar-refractivity contribution is -0.608. The summed E-state index contributed by atoms with van der Waals surface area (Å²) in [4.78, 5) is 25.6. The molecule has 0 bridgehead atoms. The van der Waals surface area contributed by atoms with Gasteiger partial charge in [0.2, 0.25) is 5.75 Å². The number of rotatable bonds is 10. The van der Waals surface area contributed by atoms with E-state index in [9.17, 15) is 19.9 Å². The number of aromatic nitrogens is 1. The van der Waals surface area contributed by atoms with E-state index in [2.05, 4.69) is 5.32 Å². The molecule has 2 N–H and O–H groups in total. The Bertz CT molecular complexity index is 1310. The molecule has 2 aromatic carbocycles. The molecule has 0 aliphatic carbocycles. The summed E-state index contributed by atoms with van der Waals surface area (Å²) < 4.78 is 50.9. The fourth-order valence-corrected chi connectivity index (χ4v) is 4.01. The van der Waals surface area contributed by atoms with Crippen LogP contribution in [0.5, 0.6) is 23.0 Å². The Labute approximate surface area is 223 Å². The van der Waals surface area contributed by atoms with Crippen LogP contribution >= 0.6 is 0 Å². The van der Waals surface area contributed by atoms with Crippen LogP contribution in [-0.4, -0.2) is 50.5 Å². The molecule has 0 radical (unpaired) electrons. The molecule has 1 amide bonds. The average molecular weight is 547 g/mol. The molecule has 0 aliphatic heterocycles. The van der Waals surface area contributed by atoms with E-state index < -0.39 is 53.0 Å². The van der Waals surface area contributed by atoms with E-state index >= 15 is 8.78 Å². The molecule has 1 aromatic heterocycles. The number of pyridine rings is 1. The number of esters is 1. The van der Waals surface area contributed by atoms with Crippen LogP contribution in [0.25, 0.3) is 0 Å². The van der Waals surface area contributed by atoms with Crippen LogP contribution in [-0.2, 0) is 9.53 Å². The van der Waals surface area contributed by atoms with Gasteiger partial charge in [-0.05, 0) is 37.1 Å². The SMILES string of the molecule is COc1ccc(C(c2ccc(OC)cc2F)[C@H](C)OC(=O)[C@H](C)NC(=O)c2c(O)c(OC)cc[n+]2[O-])c(F)c1. The van der Waals surface area contributed by atoms with Crippen LogP contribution < -0.4 is 24.3 Å². The van der Waals surface area contributed by atoms with Gasteiger partial charge in [-0.25, -0.2) is 13.6 Å². The van der Waals surface area contributed by atoms with Gasteiger partial charge in [0.25, 0.3) is 0 Å². The number of carbonyl (C=O) groups excluding carboxylic acids is 2. The topological polar surface area (TPSA) is 130 Å². The maximum Gasteiger partial charge on any atom is 0.328 e. The largest absolute Gasteiger partial charge is 0.618 e. The minimum Gasteiger partial charge on any atom is -0.618 e. The lowest BCUT2D eigenvalue weighted by atomic mass is 9.86. The third kappa shape index (κ3) is 6.28. The minimum absolute atomic E-state index is 0.0329. The summed E-state index contributed by atoms with van der Waals surface area (Å²) in [5, 5.41) is 24.5. The molecule has 10 nitrogen and oxygen atoms in total. The number of hydrogen-bond donors (Lipinski definition) is 2. The number of nitrogens with zero attached hydrogens (tertiary/aromatic N) is 1. The Balaban J connectivity index is 1.88. The van der Waals surface area contributed by atoms with Crippen molar-refractivity contribution >= 4 is 11.9 Å². The molecule has 0 saturated carbocycles. The third-order valence-corrected chi connectivity index (χ3v) is 6.03. The fraction of sp³-hybridized carbons (Fsp3) is 0.296. The summed E-state index contributed by atoms with van der Waals surface area (Å²) in [5.41, 5.74) is -0.628. The molecule has 12 heteroatoms. The lowest BCUT2D eigenvalue weighted by Gasteiger charge is -2.27. The normalized spacial score (nSPS) is 12.4. The fourth-order valence-electron chi connectivity index (χ4n) is 4.01. The second-order valence-corrected chi connectivity index (χ2v) is 8.50. The lowest BCUT2D eigenvalue weighted by Crippen LogP contribution is -2.46. The Kier molecular flexibility index (Phi) is 9.12. The second-order valence-electron chi connectivity index (χ2n) is 8.50. The first kappa shape index (κ1) is 29.0. The van der Waals surface area contributed by atoms with Crippen molar-refractivity contribution in [1.82, 2.24) is 5.32 Å². The van der Waals surface area contributed by atoms with Crippen molar-refractivity contribution in [2.24, 2.45) is 0 Å². The van der Waals surface area contributed by atoms with Crippen LogP contribution in [0, 0.1) is 16.8 Å². The number of ether oxygens (including phenoxy) is 4. The molecule has 39 heavy (non-hydrogen) atoms. The maximum absolute atomic E-state index is 15.1. The first-order valence-corrected chi connectivity index (χ1v) is 11.7. The van der Waals surface area contributed by atoms with Crippen LogP contribution in [0.3, 0.4) is 0 Å². The number of carbonyl (C=O) groups is 2. The number of methoxy groups -OCH3 is 3. The van der Waals surface area contributed by atoms with Crippen molar-refractivity contribution in [1.29, 1.82) is 0 Å². The molecule has 0 fully saturated rings. The first-order chi connectivity index (χ1) is 18.5. The smallest absolute Gasteiger partial charge is 0.328 e. The van der Waals surface area contributed by atoms with E-state index in [1.807, 2.05) is 0 Å². The van der Waals surface area contributed by atoms with Gasteiger partial charge in [0, 0.05) is 18.2 Å². The molecule has 3 aromatic rings. The highest BCUT2D eigenvalue weighted by atomic mass is 19.1. The molecule has 0 saturated heterocycles. The maximum atomic E-state index is 15.1. The molecule has 0 spiro atoms. The Hall–Kier alpha value is -4.61. The zero-order chi connectivity index (χ0) is 28.9. The van der Waals surface area contributed by atoms with Gasteiger partial charge < -0.3 is 34.6 Å². The number of aromatic hydroxyl groups is 1. The third-order valence-electron chi connectivity index (χ3n) is 6.03. The first-order valence-electron chi connectivity index (χ1n) is 11.7. The van der Waals surface area contributed by atoms with Gasteiger partial charge in [0.1, 0.15) is 35.3 Å². The number of halogens is 2. The Morgan fingerprint density at radius 1 is 0.923 bits per heavy atom. The van der Waals surface area contributed by atoms with Crippen LogP contribution in [0.15, 0.2) is 48.7 Å². The second kappa shape index (κ2) is 12.3. The number of nitrogens with one attached hydrogen (secondary N) is 1. The molecule has 3 rings (SSSR count). The van der Waals surface area contributed by atoms with Crippen molar-refractivity contribution in [2.45, 2.75) is 31.9 Å². The molecule has 0 unspecified atom stereocenters. The van der Waals surface area contributed by atoms with E-state index in [-0.39, 0.29) is 33.1 Å². The van der Waals surface area contributed by atoms with Crippen LogP contribution in [0.1, 0.15) is 41.4 Å². The van der Waals surface area contributed by atoms with Crippen molar-refractivity contribution in [2.75, 3.05) is 21.3 Å². The Morgan fingerprint density at radius 3 is 1.92 bits per heavy atom. The van der Waals surface area contributed by atoms with Crippen molar-refractivity contribution in [3.05, 3.63) is 82.3 Å². The van der Waals surface area contributed by atoms with Gasteiger partial charge in [0.15, 0.2) is 11.9 Å². The predicted molar refractivity (Wildman–Crippen MR) is 134 cm³/mol. The van der Waals surface area contributed by atoms with E-state index in [0.717, 1.165) is 24.4 Å². The molecular weight excluding hydrogens is 518 g/mol. The highest BCUT2D eigenvalue weighted by molar-refractivity contribution is 5.96. The van der Waals surface area contributed by atoms with Gasteiger partial charge in [-0.1, -0.05) is 12.1 Å². The van der Waals surface area contributed by atoms with Crippen molar-refractivity contribution in [3.8, 4) is 23.0 Å². The monoisotopic (exact) mass is 546 g/mol. The zero-order valence-corrected chi connectivity index (χ0v) is 21.9. The summed E-state index contributed by atoms with van der Waals surface area (Å²) in [6, 6.07) is 7.88. The van der Waals surface area contributed by atoms with Crippen molar-refractivity contribution in [3.63, 3.8) is 0 Å². The highest BCUT2D eigenvalue weighted by Crippen LogP contribution is 2.36. The van der Waals surface area contributed by atoms with Gasteiger partial charge >= 0.3 is 17.6 Å². The average Bonchev–Trinajstić information content (AvgIpc) is 2.90. The van der Waals surface area contributed by atoms with Gasteiger partial charge in [-0.15, -0.1) is 0 Å². The van der Waals surface area contributed by atoms with E-state index in [1.54, 1.807) is 0 Å². The van der Waals surface area contributed by atoms with E-state index in [4.69, 9.17) is 18.9 Å². The summed E-state index contributed by atoms with van der Waals surface area (Å²) in [5.74, 6) is -4.92. The zero-order valence-electron chi connectivity index (χ0n) is 21.9. The summed E-state index contributed by atoms with van der Waals surface area (Å²) in [6.07, 6.45) is -0.173. The minimum atomic E-state index is -1.31. The molecule has 1 heterocycles. The van der Waals surface area contributed by atoms with Crippen LogP contribution in [0.2, 0.25) is 0 Å². The van der Waals surface area contributed by atoms with Gasteiger partial charge in [-0.2, -0.15) is 4.73 Å².